The molecule has 6 heteroatoms. The maximum atomic E-state index is 13.5. The molecule has 0 saturated carbocycles. The van der Waals surface area contributed by atoms with E-state index < -0.39 is 0 Å². The van der Waals surface area contributed by atoms with Crippen LogP contribution in [0.4, 0.5) is 5.69 Å². The number of rotatable bonds is 7. The van der Waals surface area contributed by atoms with E-state index in [1.54, 1.807) is 0 Å². The van der Waals surface area contributed by atoms with Crippen molar-refractivity contribution >= 4 is 34.2 Å². The zero-order valence-electron chi connectivity index (χ0n) is 19.3. The zero-order chi connectivity index (χ0) is 23.5. The number of benzene rings is 3. The van der Waals surface area contributed by atoms with Gasteiger partial charge in [-0.25, -0.2) is 4.98 Å². The van der Waals surface area contributed by atoms with Crippen LogP contribution in [0.25, 0.3) is 11.0 Å². The Bertz CT molecular complexity index is 1270. The summed E-state index contributed by atoms with van der Waals surface area (Å²) in [4.78, 5) is 20.2. The summed E-state index contributed by atoms with van der Waals surface area (Å²) in [5.41, 5.74) is 3.56. The number of imidazole rings is 1. The van der Waals surface area contributed by atoms with E-state index in [1.165, 1.54) is 0 Å². The lowest BCUT2D eigenvalue weighted by Crippen LogP contribution is -2.39. The van der Waals surface area contributed by atoms with Crippen LogP contribution in [0.2, 0.25) is 5.02 Å². The molecule has 1 amide bonds. The van der Waals surface area contributed by atoms with Crippen LogP contribution in [0, 0.1) is 6.92 Å². The van der Waals surface area contributed by atoms with Gasteiger partial charge in [0.15, 0.2) is 11.9 Å². The minimum atomic E-state index is -0.366. The number of halogens is 1. The molecule has 1 aromatic heterocycles. The molecule has 4 rings (SSSR count). The van der Waals surface area contributed by atoms with E-state index in [0.29, 0.717) is 16.6 Å². The van der Waals surface area contributed by atoms with E-state index in [9.17, 15) is 4.79 Å². The molecule has 0 saturated heterocycles. The molecule has 1 heterocycles. The molecular formula is C27H28ClN3O2. The number of para-hydroxylation sites is 3. The fraction of sp³-hybridized carbons (Fsp3) is 0.259. The molecule has 33 heavy (non-hydrogen) atoms. The Morgan fingerprint density at radius 3 is 2.42 bits per heavy atom. The van der Waals surface area contributed by atoms with Gasteiger partial charge >= 0.3 is 0 Å². The van der Waals surface area contributed by atoms with Gasteiger partial charge in [-0.05, 0) is 75.7 Å². The Kier molecular flexibility index (Phi) is 6.70. The van der Waals surface area contributed by atoms with Gasteiger partial charge in [-0.1, -0.05) is 41.9 Å². The van der Waals surface area contributed by atoms with Crippen molar-refractivity contribution in [1.82, 2.24) is 9.55 Å². The number of aromatic nitrogens is 2. The average molecular weight is 462 g/mol. The monoisotopic (exact) mass is 461 g/mol. The molecule has 0 fully saturated rings. The van der Waals surface area contributed by atoms with Crippen molar-refractivity contribution in [3.8, 4) is 5.75 Å². The highest BCUT2D eigenvalue weighted by Gasteiger charge is 2.24. The fourth-order valence-corrected chi connectivity index (χ4v) is 4.17. The third-order valence-corrected chi connectivity index (χ3v) is 6.03. The summed E-state index contributed by atoms with van der Waals surface area (Å²) in [5, 5.41) is 0.697. The smallest absolute Gasteiger partial charge is 0.247 e. The van der Waals surface area contributed by atoms with E-state index >= 15 is 0 Å². The fourth-order valence-electron chi connectivity index (χ4n) is 4.05. The lowest BCUT2D eigenvalue weighted by Gasteiger charge is -2.28. The molecule has 0 radical (unpaired) electrons. The first-order chi connectivity index (χ1) is 15.8. The van der Waals surface area contributed by atoms with Crippen molar-refractivity contribution in [1.29, 1.82) is 0 Å². The number of anilines is 1. The molecule has 4 aromatic rings. The van der Waals surface area contributed by atoms with Gasteiger partial charge in [0.05, 0.1) is 11.0 Å². The normalized spacial score (nSPS) is 12.2. The summed E-state index contributed by atoms with van der Waals surface area (Å²) in [6.45, 7) is 8.09. The van der Waals surface area contributed by atoms with Crippen molar-refractivity contribution in [3.63, 3.8) is 0 Å². The van der Waals surface area contributed by atoms with Crippen LogP contribution < -0.4 is 9.64 Å². The van der Waals surface area contributed by atoms with E-state index in [2.05, 4.69) is 0 Å². The van der Waals surface area contributed by atoms with Gasteiger partial charge in [-0.2, -0.15) is 0 Å². The lowest BCUT2D eigenvalue weighted by molar-refractivity contribution is -0.119. The predicted molar refractivity (Wildman–Crippen MR) is 134 cm³/mol. The Balaban J connectivity index is 1.68. The summed E-state index contributed by atoms with van der Waals surface area (Å²) in [5.74, 6) is 1.41. The molecule has 5 nitrogen and oxygen atoms in total. The number of amides is 1. The van der Waals surface area contributed by atoms with Crippen LogP contribution in [0.5, 0.6) is 5.75 Å². The van der Waals surface area contributed by atoms with E-state index in [4.69, 9.17) is 21.3 Å². The van der Waals surface area contributed by atoms with Crippen LogP contribution in [0.3, 0.4) is 0 Å². The Morgan fingerprint density at radius 2 is 1.73 bits per heavy atom. The molecule has 170 valence electrons. The topological polar surface area (TPSA) is 47.4 Å². The van der Waals surface area contributed by atoms with Crippen LogP contribution >= 0.6 is 11.6 Å². The van der Waals surface area contributed by atoms with Crippen LogP contribution in [-0.4, -0.2) is 21.5 Å². The summed E-state index contributed by atoms with van der Waals surface area (Å²) < 4.78 is 8.18. The van der Waals surface area contributed by atoms with E-state index in [-0.39, 0.29) is 24.6 Å². The molecule has 0 aliphatic rings. The molecule has 0 spiro atoms. The third-order valence-electron chi connectivity index (χ3n) is 5.60. The van der Waals surface area contributed by atoms with Crippen molar-refractivity contribution in [2.45, 2.75) is 46.4 Å². The number of carbonyl (C=O) groups excluding carboxylic acids is 1. The van der Waals surface area contributed by atoms with Crippen molar-refractivity contribution in [2.24, 2.45) is 0 Å². The van der Waals surface area contributed by atoms with Gasteiger partial charge in [0.25, 0.3) is 0 Å². The van der Waals surface area contributed by atoms with E-state index in [1.807, 2.05) is 110 Å². The first kappa shape index (κ1) is 22.9. The van der Waals surface area contributed by atoms with Crippen LogP contribution in [-0.2, 0) is 11.3 Å². The average Bonchev–Trinajstić information content (AvgIpc) is 3.15. The molecule has 0 N–H and O–H groups in total. The van der Waals surface area contributed by atoms with Crippen molar-refractivity contribution in [2.75, 3.05) is 4.90 Å². The van der Waals surface area contributed by atoms with Gasteiger partial charge < -0.3 is 14.2 Å². The summed E-state index contributed by atoms with van der Waals surface area (Å²) >= 11 is 6.16. The van der Waals surface area contributed by atoms with Gasteiger partial charge in [-0.15, -0.1) is 0 Å². The SMILES string of the molecule is Cc1cc(OC(C)c2nc3ccccc3n2CC(=O)N(c2ccccc2)C(C)C)ccc1Cl. The Hall–Kier alpha value is -3.31. The van der Waals surface area contributed by atoms with Crippen LogP contribution in [0.1, 0.15) is 38.3 Å². The van der Waals surface area contributed by atoms with E-state index in [0.717, 1.165) is 22.3 Å². The molecule has 0 aliphatic carbocycles. The van der Waals surface area contributed by atoms with Crippen molar-refractivity contribution in [3.05, 3.63) is 89.2 Å². The van der Waals surface area contributed by atoms with Gasteiger partial charge in [0.2, 0.25) is 5.91 Å². The second kappa shape index (κ2) is 9.67. The lowest BCUT2D eigenvalue weighted by atomic mass is 10.2. The number of nitrogens with zero attached hydrogens (tertiary/aromatic N) is 3. The number of fused-ring (bicyclic) bond motifs is 1. The summed E-state index contributed by atoms with van der Waals surface area (Å²) in [6, 6.07) is 23.2. The molecular weight excluding hydrogens is 434 g/mol. The number of carbonyl (C=O) groups is 1. The zero-order valence-corrected chi connectivity index (χ0v) is 20.1. The van der Waals surface area contributed by atoms with Crippen molar-refractivity contribution < 1.29 is 9.53 Å². The highest BCUT2D eigenvalue weighted by Crippen LogP contribution is 2.28. The quantitative estimate of drug-likeness (QED) is 0.312. The molecule has 1 unspecified atom stereocenters. The van der Waals surface area contributed by atoms with Crippen LogP contribution in [0.15, 0.2) is 72.8 Å². The Labute approximate surface area is 199 Å². The molecule has 1 atom stereocenters. The van der Waals surface area contributed by atoms with Gasteiger partial charge in [0.1, 0.15) is 12.3 Å². The third kappa shape index (κ3) is 4.88. The minimum Gasteiger partial charge on any atom is -0.483 e. The second-order valence-electron chi connectivity index (χ2n) is 8.41. The maximum Gasteiger partial charge on any atom is 0.247 e. The standard InChI is InChI=1S/C27H28ClN3O2/c1-18(2)31(21-10-6-5-7-11-21)26(32)17-30-25-13-9-8-12-24(25)29-27(30)20(4)33-22-14-15-23(28)19(3)16-22/h5-16,18,20H,17H2,1-4H3. The number of aryl methyl sites for hydroxylation is 1. The summed E-state index contributed by atoms with van der Waals surface area (Å²) in [6.07, 6.45) is -0.366. The number of hydrogen-bond donors (Lipinski definition) is 0. The molecule has 0 bridgehead atoms. The Morgan fingerprint density at radius 1 is 1.03 bits per heavy atom. The van der Waals surface area contributed by atoms with Gasteiger partial charge in [-0.3, -0.25) is 4.79 Å². The molecule has 0 aliphatic heterocycles. The first-order valence-corrected chi connectivity index (χ1v) is 11.5. The number of hydrogen-bond acceptors (Lipinski definition) is 3. The molecule has 3 aromatic carbocycles. The second-order valence-corrected chi connectivity index (χ2v) is 8.82. The first-order valence-electron chi connectivity index (χ1n) is 11.1. The minimum absolute atomic E-state index is 0.00450. The summed E-state index contributed by atoms with van der Waals surface area (Å²) in [7, 11) is 0. The predicted octanol–water partition coefficient (Wildman–Crippen LogP) is 6.58. The number of ether oxygens (including phenoxy) is 1. The van der Waals surface area contributed by atoms with Gasteiger partial charge in [0, 0.05) is 16.8 Å². The largest absolute Gasteiger partial charge is 0.483 e. The maximum absolute atomic E-state index is 13.5. The highest BCUT2D eigenvalue weighted by molar-refractivity contribution is 6.31. The highest BCUT2D eigenvalue weighted by atomic mass is 35.5.